The lowest BCUT2D eigenvalue weighted by Gasteiger charge is -2.32. The Balaban J connectivity index is 1.44. The smallest absolute Gasteiger partial charge is 0.131 e. The van der Waals surface area contributed by atoms with Crippen molar-refractivity contribution in [2.45, 2.75) is 19.6 Å². The van der Waals surface area contributed by atoms with Crippen LogP contribution in [0.25, 0.3) is 0 Å². The number of morpholine rings is 1. The number of aromatic nitrogens is 3. The molecule has 1 saturated heterocycles. The number of ether oxygens (including phenoxy) is 1. The molecule has 1 aliphatic rings. The van der Waals surface area contributed by atoms with Crippen LogP contribution in [0.5, 0.6) is 0 Å². The van der Waals surface area contributed by atoms with Gasteiger partial charge in [0.25, 0.3) is 0 Å². The van der Waals surface area contributed by atoms with Crippen LogP contribution in [0.1, 0.15) is 21.7 Å². The maximum Gasteiger partial charge on any atom is 0.131 e. The molecular formula is C19H21N5OS. The molecule has 0 amide bonds. The van der Waals surface area contributed by atoms with Crippen molar-refractivity contribution in [1.29, 1.82) is 0 Å². The quantitative estimate of drug-likeness (QED) is 0.744. The topological polar surface area (TPSA) is 63.2 Å². The minimum atomic E-state index is -0.0248. The van der Waals surface area contributed by atoms with Crippen molar-refractivity contribution in [2.75, 3.05) is 25.0 Å². The summed E-state index contributed by atoms with van der Waals surface area (Å²) in [5.74, 6) is 1.56. The lowest BCUT2D eigenvalue weighted by Crippen LogP contribution is -2.37. The third-order valence-electron chi connectivity index (χ3n) is 4.22. The Morgan fingerprint density at radius 3 is 2.92 bits per heavy atom. The molecule has 1 unspecified atom stereocenters. The second kappa shape index (κ2) is 7.90. The van der Waals surface area contributed by atoms with Crippen LogP contribution in [0.4, 0.5) is 11.6 Å². The van der Waals surface area contributed by atoms with Gasteiger partial charge < -0.3 is 10.1 Å². The Morgan fingerprint density at radius 2 is 2.12 bits per heavy atom. The molecule has 0 bridgehead atoms. The van der Waals surface area contributed by atoms with Crippen molar-refractivity contribution in [3.63, 3.8) is 0 Å². The molecule has 4 heterocycles. The number of anilines is 2. The first-order chi connectivity index (χ1) is 12.8. The van der Waals surface area contributed by atoms with E-state index in [0.29, 0.717) is 6.61 Å². The van der Waals surface area contributed by atoms with Crippen LogP contribution in [0.2, 0.25) is 0 Å². The average Bonchev–Trinajstić information content (AvgIpc) is 3.08. The molecular weight excluding hydrogens is 346 g/mol. The van der Waals surface area contributed by atoms with Crippen molar-refractivity contribution in [2.24, 2.45) is 0 Å². The first-order valence-electron chi connectivity index (χ1n) is 8.66. The highest BCUT2D eigenvalue weighted by molar-refractivity contribution is 7.11. The van der Waals surface area contributed by atoms with E-state index >= 15 is 0 Å². The fourth-order valence-electron chi connectivity index (χ4n) is 2.99. The molecule has 1 atom stereocenters. The number of pyridine rings is 2. The summed E-state index contributed by atoms with van der Waals surface area (Å²) in [6, 6.07) is 11.7. The molecule has 26 heavy (non-hydrogen) atoms. The Labute approximate surface area is 156 Å². The summed E-state index contributed by atoms with van der Waals surface area (Å²) in [4.78, 5) is 17.0. The van der Waals surface area contributed by atoms with Gasteiger partial charge in [-0.15, -0.1) is 11.3 Å². The molecule has 1 aliphatic heterocycles. The standard InChI is InChI=1S/C19H21N5OS/c1-14-21-11-15(26-14)12-24-9-10-25-17(13-24)16-5-4-7-19(22-16)23-18-6-2-3-8-20-18/h2-8,11,17H,9-10,12-13H2,1H3,(H,20,22,23). The minimum absolute atomic E-state index is 0.0248. The predicted octanol–water partition coefficient (Wildman–Crippen LogP) is 3.56. The van der Waals surface area contributed by atoms with Gasteiger partial charge >= 0.3 is 0 Å². The zero-order valence-corrected chi connectivity index (χ0v) is 15.4. The van der Waals surface area contributed by atoms with E-state index in [0.717, 1.165) is 42.0 Å². The maximum atomic E-state index is 5.98. The van der Waals surface area contributed by atoms with Crippen molar-refractivity contribution in [3.05, 3.63) is 64.4 Å². The molecule has 0 saturated carbocycles. The molecule has 134 valence electrons. The van der Waals surface area contributed by atoms with Gasteiger partial charge in [0.1, 0.15) is 17.7 Å². The molecule has 0 aliphatic carbocycles. The predicted molar refractivity (Wildman–Crippen MR) is 103 cm³/mol. The van der Waals surface area contributed by atoms with Gasteiger partial charge in [0, 0.05) is 36.9 Å². The number of nitrogens with one attached hydrogen (secondary N) is 1. The van der Waals surface area contributed by atoms with E-state index in [-0.39, 0.29) is 6.10 Å². The summed E-state index contributed by atoms with van der Waals surface area (Å²) < 4.78 is 5.98. The number of thiazole rings is 1. The van der Waals surface area contributed by atoms with E-state index in [1.54, 1.807) is 17.5 Å². The highest BCUT2D eigenvalue weighted by atomic mass is 32.1. The van der Waals surface area contributed by atoms with Crippen LogP contribution in [0, 0.1) is 6.92 Å². The molecule has 7 heteroatoms. The second-order valence-electron chi connectivity index (χ2n) is 6.23. The monoisotopic (exact) mass is 367 g/mol. The molecule has 3 aromatic heterocycles. The molecule has 4 rings (SSSR count). The summed E-state index contributed by atoms with van der Waals surface area (Å²) in [5.41, 5.74) is 0.941. The first-order valence-corrected chi connectivity index (χ1v) is 9.48. The summed E-state index contributed by atoms with van der Waals surface area (Å²) in [7, 11) is 0. The Hall–Kier alpha value is -2.35. The van der Waals surface area contributed by atoms with E-state index in [9.17, 15) is 0 Å². The summed E-state index contributed by atoms with van der Waals surface area (Å²) >= 11 is 1.76. The van der Waals surface area contributed by atoms with Crippen molar-refractivity contribution < 1.29 is 4.74 Å². The average molecular weight is 367 g/mol. The Kier molecular flexibility index (Phi) is 5.19. The van der Waals surface area contributed by atoms with Crippen LogP contribution in [-0.2, 0) is 11.3 Å². The van der Waals surface area contributed by atoms with Crippen molar-refractivity contribution >= 4 is 23.0 Å². The summed E-state index contributed by atoms with van der Waals surface area (Å²) in [5, 5.41) is 4.35. The van der Waals surface area contributed by atoms with E-state index in [1.165, 1.54) is 4.88 Å². The molecule has 1 fully saturated rings. The highest BCUT2D eigenvalue weighted by Crippen LogP contribution is 2.24. The first kappa shape index (κ1) is 17.1. The van der Waals surface area contributed by atoms with Gasteiger partial charge in [-0.05, 0) is 31.2 Å². The lowest BCUT2D eigenvalue weighted by atomic mass is 10.2. The van der Waals surface area contributed by atoms with Gasteiger partial charge in [0.2, 0.25) is 0 Å². The van der Waals surface area contributed by atoms with E-state index in [4.69, 9.17) is 9.72 Å². The van der Waals surface area contributed by atoms with Gasteiger partial charge in [0.15, 0.2) is 0 Å². The minimum Gasteiger partial charge on any atom is -0.369 e. The van der Waals surface area contributed by atoms with E-state index in [2.05, 4.69) is 20.2 Å². The van der Waals surface area contributed by atoms with Crippen LogP contribution in [-0.4, -0.2) is 39.5 Å². The lowest BCUT2D eigenvalue weighted by molar-refractivity contribution is -0.0346. The van der Waals surface area contributed by atoms with Crippen LogP contribution >= 0.6 is 11.3 Å². The fourth-order valence-corrected chi connectivity index (χ4v) is 3.83. The second-order valence-corrected chi connectivity index (χ2v) is 7.55. The van der Waals surface area contributed by atoms with E-state index < -0.39 is 0 Å². The number of nitrogens with zero attached hydrogens (tertiary/aromatic N) is 4. The highest BCUT2D eigenvalue weighted by Gasteiger charge is 2.23. The van der Waals surface area contributed by atoms with Crippen LogP contribution in [0.3, 0.4) is 0 Å². The number of aryl methyl sites for hydroxylation is 1. The van der Waals surface area contributed by atoms with Gasteiger partial charge in [-0.25, -0.2) is 15.0 Å². The summed E-state index contributed by atoms with van der Waals surface area (Å²) in [6.45, 7) is 5.43. The third-order valence-corrected chi connectivity index (χ3v) is 5.12. The van der Waals surface area contributed by atoms with Gasteiger partial charge in [-0.2, -0.15) is 0 Å². The molecule has 0 spiro atoms. The molecule has 0 aromatic carbocycles. The van der Waals surface area contributed by atoms with Crippen LogP contribution < -0.4 is 5.32 Å². The number of hydrogen-bond donors (Lipinski definition) is 1. The van der Waals surface area contributed by atoms with Gasteiger partial charge in [0.05, 0.1) is 17.3 Å². The van der Waals surface area contributed by atoms with Crippen molar-refractivity contribution in [3.8, 4) is 0 Å². The van der Waals surface area contributed by atoms with E-state index in [1.807, 2.05) is 49.5 Å². The van der Waals surface area contributed by atoms with Gasteiger partial charge in [-0.1, -0.05) is 12.1 Å². The molecule has 6 nitrogen and oxygen atoms in total. The zero-order chi connectivity index (χ0) is 17.8. The normalized spacial score (nSPS) is 18.0. The summed E-state index contributed by atoms with van der Waals surface area (Å²) in [6.07, 6.45) is 3.71. The Morgan fingerprint density at radius 1 is 1.19 bits per heavy atom. The largest absolute Gasteiger partial charge is 0.369 e. The third kappa shape index (κ3) is 4.24. The van der Waals surface area contributed by atoms with Crippen molar-refractivity contribution in [1.82, 2.24) is 19.9 Å². The molecule has 1 N–H and O–H groups in total. The number of rotatable bonds is 5. The number of hydrogen-bond acceptors (Lipinski definition) is 7. The van der Waals surface area contributed by atoms with Gasteiger partial charge in [-0.3, -0.25) is 4.90 Å². The molecule has 3 aromatic rings. The SMILES string of the molecule is Cc1ncc(CN2CCOC(c3cccc(Nc4ccccn4)n3)C2)s1. The Bertz CT molecular complexity index is 854. The molecule has 0 radical (unpaired) electrons. The zero-order valence-electron chi connectivity index (χ0n) is 14.6. The van der Waals surface area contributed by atoms with Crippen LogP contribution in [0.15, 0.2) is 48.8 Å². The maximum absolute atomic E-state index is 5.98. The fraction of sp³-hybridized carbons (Fsp3) is 0.316.